The van der Waals surface area contributed by atoms with Crippen LogP contribution in [-0.2, 0) is 17.5 Å². The Morgan fingerprint density at radius 2 is 2.05 bits per heavy atom. The van der Waals surface area contributed by atoms with Crippen molar-refractivity contribution < 1.29 is 18.0 Å². The van der Waals surface area contributed by atoms with E-state index in [4.69, 9.17) is 0 Å². The zero-order valence-electron chi connectivity index (χ0n) is 12.4. The summed E-state index contributed by atoms with van der Waals surface area (Å²) in [7, 11) is 0. The molecule has 1 heterocycles. The van der Waals surface area contributed by atoms with Gasteiger partial charge in [0.05, 0.1) is 11.0 Å². The molecule has 2 rings (SSSR count). The monoisotopic (exact) mass is 313 g/mol. The first kappa shape index (κ1) is 16.3. The second kappa shape index (κ2) is 6.37. The normalized spacial score (nSPS) is 13.3. The molecule has 0 bridgehead atoms. The molecule has 0 radical (unpaired) electrons. The summed E-state index contributed by atoms with van der Waals surface area (Å²) in [5.41, 5.74) is 0.525. The van der Waals surface area contributed by atoms with Crippen molar-refractivity contribution in [1.29, 1.82) is 0 Å². The molecule has 0 saturated heterocycles. The first-order valence-electron chi connectivity index (χ1n) is 7.14. The van der Waals surface area contributed by atoms with E-state index in [0.29, 0.717) is 5.52 Å². The molecule has 2 aromatic rings. The van der Waals surface area contributed by atoms with E-state index in [9.17, 15) is 18.0 Å². The number of benzene rings is 1. The quantitative estimate of drug-likeness (QED) is 0.920. The van der Waals surface area contributed by atoms with Crippen LogP contribution < -0.4 is 5.32 Å². The van der Waals surface area contributed by atoms with Crippen molar-refractivity contribution in [2.24, 2.45) is 0 Å². The van der Waals surface area contributed by atoms with Crippen LogP contribution in [0.1, 0.15) is 32.5 Å². The van der Waals surface area contributed by atoms with Crippen LogP contribution in [0.2, 0.25) is 0 Å². The minimum atomic E-state index is -4.60. The van der Waals surface area contributed by atoms with Gasteiger partial charge in [-0.2, -0.15) is 13.2 Å². The molecule has 1 aromatic heterocycles. The summed E-state index contributed by atoms with van der Waals surface area (Å²) >= 11 is 0. The Labute approximate surface area is 126 Å². The third-order valence-corrected chi connectivity index (χ3v) is 3.34. The predicted octanol–water partition coefficient (Wildman–Crippen LogP) is 3.36. The maximum atomic E-state index is 13.1. The highest BCUT2D eigenvalue weighted by molar-refractivity contribution is 5.81. The number of para-hydroxylation sites is 2. The fourth-order valence-corrected chi connectivity index (χ4v) is 2.42. The van der Waals surface area contributed by atoms with Crippen molar-refractivity contribution in [3.8, 4) is 0 Å². The number of carbonyl (C=O) groups excluding carboxylic acids is 1. The summed E-state index contributed by atoms with van der Waals surface area (Å²) in [6, 6.07) is 6.20. The lowest BCUT2D eigenvalue weighted by Crippen LogP contribution is -2.35. The van der Waals surface area contributed by atoms with Crippen LogP contribution in [0.5, 0.6) is 0 Å². The van der Waals surface area contributed by atoms with Gasteiger partial charge in [-0.15, -0.1) is 0 Å². The molecule has 22 heavy (non-hydrogen) atoms. The second-order valence-corrected chi connectivity index (χ2v) is 5.27. The molecular weight excluding hydrogens is 295 g/mol. The van der Waals surface area contributed by atoms with Crippen molar-refractivity contribution in [2.75, 3.05) is 0 Å². The molecule has 1 amide bonds. The van der Waals surface area contributed by atoms with Crippen LogP contribution in [0.25, 0.3) is 11.0 Å². The molecule has 1 unspecified atom stereocenters. The smallest absolute Gasteiger partial charge is 0.352 e. The standard InChI is InChI=1S/C15H18F3N3O/c1-3-6-10(2)19-13(22)9-21-12-8-5-4-7-11(12)20-14(21)15(16,17)18/h4-5,7-8,10H,3,6,9H2,1-2H3,(H,19,22). The molecule has 0 aliphatic heterocycles. The van der Waals surface area contributed by atoms with Gasteiger partial charge in [0.2, 0.25) is 11.7 Å². The Morgan fingerprint density at radius 1 is 1.36 bits per heavy atom. The average Bonchev–Trinajstić information content (AvgIpc) is 2.78. The zero-order chi connectivity index (χ0) is 16.3. The Balaban J connectivity index is 2.31. The Kier molecular flexibility index (Phi) is 4.73. The minimum absolute atomic E-state index is 0.0679. The van der Waals surface area contributed by atoms with Crippen molar-refractivity contribution in [3.05, 3.63) is 30.1 Å². The number of nitrogens with zero attached hydrogens (tertiary/aromatic N) is 2. The summed E-state index contributed by atoms with van der Waals surface area (Å²) in [5.74, 6) is -1.50. The average molecular weight is 313 g/mol. The summed E-state index contributed by atoms with van der Waals surface area (Å²) in [6.07, 6.45) is -2.93. The molecular formula is C15H18F3N3O. The van der Waals surface area contributed by atoms with Gasteiger partial charge in [0, 0.05) is 6.04 Å². The van der Waals surface area contributed by atoms with Crippen molar-refractivity contribution >= 4 is 16.9 Å². The molecule has 1 atom stereocenters. The maximum Gasteiger partial charge on any atom is 0.449 e. The molecule has 4 nitrogen and oxygen atoms in total. The van der Waals surface area contributed by atoms with Crippen molar-refractivity contribution in [3.63, 3.8) is 0 Å². The van der Waals surface area contributed by atoms with E-state index in [2.05, 4.69) is 10.3 Å². The summed E-state index contributed by atoms with van der Waals surface area (Å²) in [4.78, 5) is 15.6. The van der Waals surface area contributed by atoms with Gasteiger partial charge in [-0.1, -0.05) is 25.5 Å². The zero-order valence-corrected chi connectivity index (χ0v) is 12.4. The number of aromatic nitrogens is 2. The molecule has 0 aliphatic rings. The van der Waals surface area contributed by atoms with Gasteiger partial charge < -0.3 is 9.88 Å². The van der Waals surface area contributed by atoms with E-state index < -0.39 is 24.5 Å². The van der Waals surface area contributed by atoms with Crippen molar-refractivity contribution in [1.82, 2.24) is 14.9 Å². The third kappa shape index (κ3) is 3.58. The van der Waals surface area contributed by atoms with Crippen LogP contribution in [0.4, 0.5) is 13.2 Å². The fourth-order valence-electron chi connectivity index (χ4n) is 2.42. The third-order valence-electron chi connectivity index (χ3n) is 3.34. The van der Waals surface area contributed by atoms with Crippen LogP contribution >= 0.6 is 0 Å². The highest BCUT2D eigenvalue weighted by Gasteiger charge is 2.38. The maximum absolute atomic E-state index is 13.1. The number of fused-ring (bicyclic) bond motifs is 1. The highest BCUT2D eigenvalue weighted by atomic mass is 19.4. The summed E-state index contributed by atoms with van der Waals surface area (Å²) < 4.78 is 40.2. The molecule has 7 heteroatoms. The SMILES string of the molecule is CCCC(C)NC(=O)Cn1c(C(F)(F)F)nc2ccccc21. The minimum Gasteiger partial charge on any atom is -0.352 e. The van der Waals surface area contributed by atoms with Gasteiger partial charge in [-0.05, 0) is 25.5 Å². The number of hydrogen-bond acceptors (Lipinski definition) is 2. The van der Waals surface area contributed by atoms with E-state index in [1.165, 1.54) is 12.1 Å². The lowest BCUT2D eigenvalue weighted by atomic mass is 10.2. The second-order valence-electron chi connectivity index (χ2n) is 5.27. The number of imidazole rings is 1. The van der Waals surface area contributed by atoms with Gasteiger partial charge in [0.15, 0.2) is 0 Å². The molecule has 0 saturated carbocycles. The Morgan fingerprint density at radius 3 is 2.68 bits per heavy atom. The van der Waals surface area contributed by atoms with E-state index >= 15 is 0 Å². The van der Waals surface area contributed by atoms with Gasteiger partial charge in [-0.25, -0.2) is 4.98 Å². The fraction of sp³-hybridized carbons (Fsp3) is 0.467. The Bertz CT molecular complexity index is 664. The lowest BCUT2D eigenvalue weighted by molar-refractivity contribution is -0.147. The van der Waals surface area contributed by atoms with Gasteiger partial charge in [-0.3, -0.25) is 4.79 Å². The number of nitrogens with one attached hydrogen (secondary N) is 1. The first-order chi connectivity index (χ1) is 10.3. The molecule has 0 fully saturated rings. The first-order valence-corrected chi connectivity index (χ1v) is 7.14. The lowest BCUT2D eigenvalue weighted by Gasteiger charge is -2.15. The number of amides is 1. The van der Waals surface area contributed by atoms with E-state index in [1.54, 1.807) is 12.1 Å². The van der Waals surface area contributed by atoms with Crippen molar-refractivity contribution in [2.45, 2.75) is 45.5 Å². The van der Waals surface area contributed by atoms with Gasteiger partial charge >= 0.3 is 6.18 Å². The molecule has 0 aliphatic carbocycles. The van der Waals surface area contributed by atoms with E-state index in [0.717, 1.165) is 17.4 Å². The summed E-state index contributed by atoms with van der Waals surface area (Å²) in [6.45, 7) is 3.41. The highest BCUT2D eigenvalue weighted by Crippen LogP contribution is 2.31. The van der Waals surface area contributed by atoms with Crippen LogP contribution in [0, 0.1) is 0 Å². The molecule has 120 valence electrons. The van der Waals surface area contributed by atoms with E-state index in [1.807, 2.05) is 13.8 Å². The van der Waals surface area contributed by atoms with E-state index in [-0.39, 0.29) is 11.6 Å². The number of rotatable bonds is 5. The largest absolute Gasteiger partial charge is 0.449 e. The molecule has 0 spiro atoms. The summed E-state index contributed by atoms with van der Waals surface area (Å²) in [5, 5.41) is 2.71. The predicted molar refractivity (Wildman–Crippen MR) is 77.2 cm³/mol. The number of alkyl halides is 3. The topological polar surface area (TPSA) is 46.9 Å². The van der Waals surface area contributed by atoms with Crippen LogP contribution in [0.3, 0.4) is 0 Å². The van der Waals surface area contributed by atoms with Gasteiger partial charge in [0.1, 0.15) is 6.54 Å². The molecule has 1 aromatic carbocycles. The van der Waals surface area contributed by atoms with Crippen LogP contribution in [0.15, 0.2) is 24.3 Å². The Hall–Kier alpha value is -2.05. The number of carbonyl (C=O) groups is 1. The van der Waals surface area contributed by atoms with Gasteiger partial charge in [0.25, 0.3) is 0 Å². The number of hydrogen-bond donors (Lipinski definition) is 1. The van der Waals surface area contributed by atoms with Crippen LogP contribution in [-0.4, -0.2) is 21.5 Å². The molecule has 1 N–H and O–H groups in total. The number of halogens is 3.